The molecule has 0 fully saturated rings. The molecular weight excluding hydrogens is 564 g/mol. The third-order valence-corrected chi connectivity index (χ3v) is 7.49. The van der Waals surface area contributed by atoms with E-state index >= 15 is 0 Å². The Labute approximate surface area is 252 Å². The number of nitrogens with one attached hydrogen (secondary N) is 2. The van der Waals surface area contributed by atoms with Crippen molar-refractivity contribution < 1.29 is 24.5 Å². The third kappa shape index (κ3) is 5.71. The van der Waals surface area contributed by atoms with Gasteiger partial charge in [0.2, 0.25) is 0 Å². The molecule has 0 aliphatic heterocycles. The minimum atomic E-state index is -1.13. The first kappa shape index (κ1) is 29.9. The standard InChI is InChI=1S/C33H32N4O7/c1-4-5-16-44-26-14-12-21(13-15-26)29(27-19(2)34-36(30(27)38)24-10-6-8-22(17-24)32(40)41)28-20(3)35-37(31(28)39)25-11-7-9-23(18-25)33(42)43/h6-15,17-18,29,34-35H,4-5,16H2,1-3H3,(H,40,41)(H,42,43). The molecule has 0 saturated heterocycles. The fourth-order valence-electron chi connectivity index (χ4n) is 5.29. The van der Waals surface area contributed by atoms with Gasteiger partial charge in [0.05, 0.1) is 40.2 Å². The van der Waals surface area contributed by atoms with Crippen LogP contribution in [0.3, 0.4) is 0 Å². The van der Waals surface area contributed by atoms with Crippen molar-refractivity contribution in [3.8, 4) is 17.1 Å². The number of aromatic carboxylic acids is 2. The van der Waals surface area contributed by atoms with Gasteiger partial charge >= 0.3 is 11.9 Å². The molecule has 4 N–H and O–H groups in total. The molecule has 11 nitrogen and oxygen atoms in total. The van der Waals surface area contributed by atoms with E-state index in [2.05, 4.69) is 17.1 Å². The summed E-state index contributed by atoms with van der Waals surface area (Å²) in [5, 5.41) is 25.1. The van der Waals surface area contributed by atoms with E-state index in [9.17, 15) is 29.4 Å². The topological polar surface area (TPSA) is 159 Å². The molecule has 226 valence electrons. The molecule has 11 heteroatoms. The average Bonchev–Trinajstić information content (AvgIpc) is 3.48. The zero-order valence-electron chi connectivity index (χ0n) is 24.5. The number of rotatable bonds is 11. The highest BCUT2D eigenvalue weighted by Gasteiger charge is 2.31. The Hall–Kier alpha value is -5.58. The number of carbonyl (C=O) groups is 2. The zero-order valence-corrected chi connectivity index (χ0v) is 24.5. The number of H-pyrrole nitrogens is 2. The minimum Gasteiger partial charge on any atom is -0.494 e. The molecule has 0 amide bonds. The van der Waals surface area contributed by atoms with Crippen LogP contribution in [0.5, 0.6) is 5.75 Å². The van der Waals surface area contributed by atoms with Crippen molar-refractivity contribution >= 4 is 11.9 Å². The van der Waals surface area contributed by atoms with Crippen molar-refractivity contribution in [2.45, 2.75) is 39.5 Å². The number of aromatic nitrogens is 4. The molecule has 0 unspecified atom stereocenters. The van der Waals surface area contributed by atoms with Gasteiger partial charge in [-0.05, 0) is 74.4 Å². The van der Waals surface area contributed by atoms with E-state index in [-0.39, 0.29) is 11.1 Å². The Morgan fingerprint density at radius 1 is 0.773 bits per heavy atom. The van der Waals surface area contributed by atoms with Crippen molar-refractivity contribution in [1.29, 1.82) is 0 Å². The number of hydrogen-bond donors (Lipinski definition) is 4. The molecule has 0 spiro atoms. The highest BCUT2D eigenvalue weighted by atomic mass is 16.5. The van der Waals surface area contributed by atoms with Crippen molar-refractivity contribution in [3.05, 3.63) is 133 Å². The SMILES string of the molecule is CCCCOc1ccc(C(c2c(C)[nH]n(-c3cccc(C(=O)O)c3)c2=O)c2c(C)[nH]n(-c3cccc(C(=O)O)c3)c2=O)cc1. The number of carboxylic acid groups (broad SMARTS) is 2. The number of unbranched alkanes of at least 4 members (excludes halogenated alkanes) is 1. The Morgan fingerprint density at radius 3 is 1.68 bits per heavy atom. The largest absolute Gasteiger partial charge is 0.494 e. The predicted molar refractivity (Wildman–Crippen MR) is 164 cm³/mol. The summed E-state index contributed by atoms with van der Waals surface area (Å²) in [6.07, 6.45) is 1.89. The van der Waals surface area contributed by atoms with E-state index < -0.39 is 29.0 Å². The van der Waals surface area contributed by atoms with Gasteiger partial charge < -0.3 is 14.9 Å². The van der Waals surface area contributed by atoms with Gasteiger partial charge in [-0.2, -0.15) is 0 Å². The van der Waals surface area contributed by atoms with Crippen molar-refractivity contribution in [2.24, 2.45) is 0 Å². The molecule has 2 aromatic heterocycles. The first-order chi connectivity index (χ1) is 21.1. The molecule has 5 rings (SSSR count). The highest BCUT2D eigenvalue weighted by Crippen LogP contribution is 2.33. The molecule has 44 heavy (non-hydrogen) atoms. The van der Waals surface area contributed by atoms with Crippen LogP contribution in [0, 0.1) is 13.8 Å². The Balaban J connectivity index is 1.70. The summed E-state index contributed by atoms with van der Waals surface area (Å²) in [7, 11) is 0. The fourth-order valence-corrected chi connectivity index (χ4v) is 5.29. The number of ether oxygens (including phenoxy) is 1. The van der Waals surface area contributed by atoms with Crippen molar-refractivity contribution in [2.75, 3.05) is 6.61 Å². The smallest absolute Gasteiger partial charge is 0.335 e. The average molecular weight is 597 g/mol. The lowest BCUT2D eigenvalue weighted by Gasteiger charge is -2.16. The van der Waals surface area contributed by atoms with Crippen LogP contribution in [0.25, 0.3) is 11.4 Å². The van der Waals surface area contributed by atoms with Gasteiger partial charge in [0.15, 0.2) is 0 Å². The highest BCUT2D eigenvalue weighted by molar-refractivity contribution is 5.88. The number of hydrogen-bond acceptors (Lipinski definition) is 5. The van der Waals surface area contributed by atoms with Crippen molar-refractivity contribution in [3.63, 3.8) is 0 Å². The second-order valence-electron chi connectivity index (χ2n) is 10.5. The van der Waals surface area contributed by atoms with Crippen LogP contribution in [0.4, 0.5) is 0 Å². The maximum atomic E-state index is 14.1. The van der Waals surface area contributed by atoms with Crippen LogP contribution < -0.4 is 15.9 Å². The summed E-state index contributed by atoms with van der Waals surface area (Å²) < 4.78 is 8.37. The second-order valence-corrected chi connectivity index (χ2v) is 10.5. The molecule has 2 heterocycles. The zero-order chi connectivity index (χ0) is 31.5. The molecule has 3 aromatic carbocycles. The second kappa shape index (κ2) is 12.3. The first-order valence-corrected chi connectivity index (χ1v) is 14.1. The maximum absolute atomic E-state index is 14.1. The number of benzene rings is 3. The van der Waals surface area contributed by atoms with Crippen LogP contribution >= 0.6 is 0 Å². The summed E-state index contributed by atoms with van der Waals surface area (Å²) in [4.78, 5) is 51.4. The Kier molecular flexibility index (Phi) is 8.38. The van der Waals surface area contributed by atoms with Crippen LogP contribution in [-0.4, -0.2) is 48.3 Å². The number of nitrogens with zero attached hydrogens (tertiary/aromatic N) is 2. The quantitative estimate of drug-likeness (QED) is 0.156. The van der Waals surface area contributed by atoms with E-state index in [0.29, 0.717) is 51.8 Å². The minimum absolute atomic E-state index is 0.0198. The van der Waals surface area contributed by atoms with Gasteiger partial charge in [0.1, 0.15) is 5.75 Å². The van der Waals surface area contributed by atoms with E-state index in [1.807, 2.05) is 12.1 Å². The lowest BCUT2D eigenvalue weighted by molar-refractivity contribution is 0.0686. The van der Waals surface area contributed by atoms with Gasteiger partial charge in [-0.15, -0.1) is 0 Å². The lowest BCUT2D eigenvalue weighted by Crippen LogP contribution is -2.25. The van der Waals surface area contributed by atoms with E-state index in [1.165, 1.54) is 33.6 Å². The summed E-state index contributed by atoms with van der Waals surface area (Å²) in [5.74, 6) is -2.43. The lowest BCUT2D eigenvalue weighted by atomic mass is 9.85. The molecule has 0 bridgehead atoms. The van der Waals surface area contributed by atoms with Crippen LogP contribution in [-0.2, 0) is 0 Å². The van der Waals surface area contributed by atoms with Gasteiger partial charge in [-0.1, -0.05) is 37.6 Å². The van der Waals surface area contributed by atoms with Gasteiger partial charge in [0, 0.05) is 17.3 Å². The molecule has 0 atom stereocenters. The van der Waals surface area contributed by atoms with Crippen LogP contribution in [0.1, 0.15) is 74.5 Å². The van der Waals surface area contributed by atoms with Crippen molar-refractivity contribution in [1.82, 2.24) is 19.6 Å². The summed E-state index contributed by atoms with van der Waals surface area (Å²) >= 11 is 0. The molecule has 0 aliphatic carbocycles. The number of aryl methyl sites for hydroxylation is 2. The molecule has 0 radical (unpaired) electrons. The monoisotopic (exact) mass is 596 g/mol. The molecule has 5 aromatic rings. The first-order valence-electron chi connectivity index (χ1n) is 14.1. The summed E-state index contributed by atoms with van der Waals surface area (Å²) in [6, 6.07) is 19.2. The normalized spacial score (nSPS) is 11.2. The van der Waals surface area contributed by atoms with Gasteiger partial charge in [-0.3, -0.25) is 19.8 Å². The Bertz CT molecular complexity index is 1850. The van der Waals surface area contributed by atoms with Crippen LogP contribution in [0.15, 0.2) is 82.4 Å². The maximum Gasteiger partial charge on any atom is 0.335 e. The van der Waals surface area contributed by atoms with E-state index in [0.717, 1.165) is 12.8 Å². The van der Waals surface area contributed by atoms with E-state index in [1.54, 1.807) is 50.2 Å². The molecular formula is C33H32N4O7. The number of carboxylic acids is 2. The molecule has 0 saturated carbocycles. The Morgan fingerprint density at radius 2 is 1.25 bits per heavy atom. The third-order valence-electron chi connectivity index (χ3n) is 7.49. The number of aromatic amines is 2. The molecule has 0 aliphatic rings. The van der Waals surface area contributed by atoms with Gasteiger partial charge in [-0.25, -0.2) is 19.0 Å². The van der Waals surface area contributed by atoms with Crippen LogP contribution in [0.2, 0.25) is 0 Å². The van der Waals surface area contributed by atoms with E-state index in [4.69, 9.17) is 4.74 Å². The fraction of sp³-hybridized carbons (Fsp3) is 0.212. The van der Waals surface area contributed by atoms with Gasteiger partial charge in [0.25, 0.3) is 11.1 Å². The predicted octanol–water partition coefficient (Wildman–Crippen LogP) is 5.02. The summed E-state index contributed by atoms with van der Waals surface area (Å²) in [5.41, 5.74) is 2.05. The summed E-state index contributed by atoms with van der Waals surface area (Å²) in [6.45, 7) is 6.08.